The summed E-state index contributed by atoms with van der Waals surface area (Å²) in [6.07, 6.45) is 0.870. The Morgan fingerprint density at radius 2 is 2.12 bits per heavy atom. The maximum absolute atomic E-state index is 11.3. The highest BCUT2D eigenvalue weighted by Crippen LogP contribution is 2.29. The van der Waals surface area contributed by atoms with Crippen LogP contribution in [-0.4, -0.2) is 26.5 Å². The predicted molar refractivity (Wildman–Crippen MR) is 55.0 cm³/mol. The lowest BCUT2D eigenvalue weighted by Crippen LogP contribution is -2.00. The first kappa shape index (κ1) is 12.8. The van der Waals surface area contributed by atoms with Crippen molar-refractivity contribution in [2.45, 2.75) is 4.90 Å². The number of hydrogen-bond donors (Lipinski definition) is 0. The van der Waals surface area contributed by atoms with Crippen LogP contribution in [0.25, 0.3) is 0 Å². The van der Waals surface area contributed by atoms with Crippen molar-refractivity contribution in [2.75, 3.05) is 7.11 Å². The zero-order valence-corrected chi connectivity index (χ0v) is 9.30. The molecule has 0 aliphatic heterocycles. The first-order valence-corrected chi connectivity index (χ1v) is 5.53. The highest BCUT2D eigenvalue weighted by atomic mass is 32.2. The number of rotatable bonds is 4. The normalized spacial score (nSPS) is 10.4. The van der Waals surface area contributed by atoms with E-state index < -0.39 is 25.5 Å². The van der Waals surface area contributed by atoms with Crippen LogP contribution in [0.1, 0.15) is 0 Å². The van der Waals surface area contributed by atoms with Gasteiger partial charge >= 0.3 is 5.69 Å². The van der Waals surface area contributed by atoms with Crippen LogP contribution >= 0.6 is 0 Å². The molecule has 0 unspecified atom stereocenters. The molecule has 0 saturated carbocycles. The molecule has 0 aromatic heterocycles. The van der Waals surface area contributed by atoms with Gasteiger partial charge in [-0.05, 0) is 12.1 Å². The molecule has 90 valence electrons. The van der Waals surface area contributed by atoms with E-state index in [1.54, 1.807) is 0 Å². The zero-order valence-electron chi connectivity index (χ0n) is 8.48. The quantitative estimate of drug-likeness (QED) is 0.338. The van der Waals surface area contributed by atoms with Gasteiger partial charge in [0.2, 0.25) is 0 Å². The topological polar surface area (TPSA) is 116 Å². The number of sulfonamides is 1. The number of methoxy groups -OCH3 is 1. The summed E-state index contributed by atoms with van der Waals surface area (Å²) in [5, 5.41) is 10.6. The second-order valence-electron chi connectivity index (χ2n) is 2.75. The van der Waals surface area contributed by atoms with Gasteiger partial charge in [0.1, 0.15) is 0 Å². The fraction of sp³-hybridized carbons (Fsp3) is 0.125. The van der Waals surface area contributed by atoms with E-state index in [0.29, 0.717) is 0 Å². The van der Waals surface area contributed by atoms with E-state index in [2.05, 4.69) is 9.13 Å². The van der Waals surface area contributed by atoms with E-state index in [0.717, 1.165) is 24.3 Å². The Morgan fingerprint density at radius 3 is 2.59 bits per heavy atom. The third-order valence-corrected chi connectivity index (χ3v) is 2.97. The van der Waals surface area contributed by atoms with Gasteiger partial charge in [-0.15, -0.1) is 0 Å². The first-order chi connectivity index (χ1) is 7.92. The molecule has 0 bridgehead atoms. The minimum absolute atomic E-state index is 0.0935. The van der Waals surface area contributed by atoms with Crippen molar-refractivity contribution in [1.82, 2.24) is 0 Å². The van der Waals surface area contributed by atoms with E-state index >= 15 is 0 Å². The Labute approximate surface area is 95.7 Å². The van der Waals surface area contributed by atoms with Crippen molar-refractivity contribution in [1.29, 1.82) is 0 Å². The lowest BCUT2D eigenvalue weighted by atomic mass is 10.3. The standard InChI is InChI=1S/C8H6N2O6S/c1-16-8-3-2-6(4-7(8)10(12)13)17(14,15)9-5-11/h2-4H,1H3. The Balaban J connectivity index is 3.46. The lowest BCUT2D eigenvalue weighted by Gasteiger charge is -2.02. The van der Waals surface area contributed by atoms with Crippen LogP contribution in [0, 0.1) is 10.1 Å². The van der Waals surface area contributed by atoms with Crippen molar-refractivity contribution in [3.8, 4) is 5.75 Å². The Bertz CT molecular complexity index is 602. The molecule has 0 amide bonds. The van der Waals surface area contributed by atoms with E-state index in [-0.39, 0.29) is 5.75 Å². The summed E-state index contributed by atoms with van der Waals surface area (Å²) in [6.45, 7) is 0. The molecule has 0 radical (unpaired) electrons. The van der Waals surface area contributed by atoms with Crippen molar-refractivity contribution < 1.29 is 22.9 Å². The van der Waals surface area contributed by atoms with Gasteiger partial charge in [-0.3, -0.25) is 10.1 Å². The Kier molecular flexibility index (Phi) is 3.56. The first-order valence-electron chi connectivity index (χ1n) is 4.09. The molecule has 17 heavy (non-hydrogen) atoms. The summed E-state index contributed by atoms with van der Waals surface area (Å²) in [5.74, 6) is -0.0935. The van der Waals surface area contributed by atoms with Crippen molar-refractivity contribution >= 4 is 21.8 Å². The van der Waals surface area contributed by atoms with Crippen molar-refractivity contribution in [2.24, 2.45) is 4.40 Å². The van der Waals surface area contributed by atoms with E-state index in [1.165, 1.54) is 7.11 Å². The largest absolute Gasteiger partial charge is 0.490 e. The SMILES string of the molecule is COc1ccc(S(=O)(=O)N=C=O)cc1[N+](=O)[O-]. The average molecular weight is 258 g/mol. The molecule has 1 rings (SSSR count). The van der Waals surface area contributed by atoms with Crippen LogP contribution in [0.5, 0.6) is 5.75 Å². The van der Waals surface area contributed by atoms with Crippen LogP contribution in [-0.2, 0) is 14.8 Å². The molecule has 1 aromatic rings. The molecule has 0 atom stereocenters. The molecule has 0 aliphatic rings. The van der Waals surface area contributed by atoms with Gasteiger partial charge in [0.05, 0.1) is 16.9 Å². The number of carbonyl (C=O) groups excluding carboxylic acids is 1. The smallest absolute Gasteiger partial charge is 0.312 e. The second-order valence-corrected chi connectivity index (χ2v) is 4.35. The third-order valence-electron chi connectivity index (χ3n) is 1.80. The van der Waals surface area contributed by atoms with Crippen LogP contribution in [0.2, 0.25) is 0 Å². The minimum atomic E-state index is -4.25. The highest BCUT2D eigenvalue weighted by Gasteiger charge is 2.21. The minimum Gasteiger partial charge on any atom is -0.490 e. The van der Waals surface area contributed by atoms with Gasteiger partial charge < -0.3 is 4.74 Å². The van der Waals surface area contributed by atoms with Crippen molar-refractivity contribution in [3.63, 3.8) is 0 Å². The number of benzene rings is 1. The Hall–Kier alpha value is -2.25. The van der Waals surface area contributed by atoms with E-state index in [9.17, 15) is 23.3 Å². The summed E-state index contributed by atoms with van der Waals surface area (Å²) in [5.41, 5.74) is -0.533. The van der Waals surface area contributed by atoms with E-state index in [1.807, 2.05) is 0 Å². The fourth-order valence-electron chi connectivity index (χ4n) is 1.07. The zero-order chi connectivity index (χ0) is 13.1. The number of nitrogens with zero attached hydrogens (tertiary/aromatic N) is 2. The molecule has 0 heterocycles. The van der Waals surface area contributed by atoms with Gasteiger partial charge in [0, 0.05) is 6.07 Å². The van der Waals surface area contributed by atoms with Crippen LogP contribution in [0.3, 0.4) is 0 Å². The molecular weight excluding hydrogens is 252 g/mol. The van der Waals surface area contributed by atoms with Gasteiger partial charge in [-0.25, -0.2) is 4.79 Å². The maximum atomic E-state index is 11.3. The predicted octanol–water partition coefficient (Wildman–Crippen LogP) is 0.628. The number of hydrogen-bond acceptors (Lipinski definition) is 6. The molecule has 0 saturated heterocycles. The summed E-state index contributed by atoms with van der Waals surface area (Å²) in [7, 11) is -3.04. The molecule has 0 fully saturated rings. The third kappa shape index (κ3) is 2.65. The monoisotopic (exact) mass is 258 g/mol. The van der Waals surface area contributed by atoms with Crippen LogP contribution < -0.4 is 4.74 Å². The summed E-state index contributed by atoms with van der Waals surface area (Å²) < 4.78 is 29.9. The molecule has 0 N–H and O–H groups in total. The molecular formula is C8H6N2O6S. The van der Waals surface area contributed by atoms with Crippen molar-refractivity contribution in [3.05, 3.63) is 28.3 Å². The van der Waals surface area contributed by atoms with Gasteiger partial charge in [-0.1, -0.05) is 4.40 Å². The maximum Gasteiger partial charge on any atom is 0.312 e. The van der Waals surface area contributed by atoms with Gasteiger partial charge in [0.25, 0.3) is 16.1 Å². The molecule has 1 aromatic carbocycles. The highest BCUT2D eigenvalue weighted by molar-refractivity contribution is 7.90. The lowest BCUT2D eigenvalue weighted by molar-refractivity contribution is -0.386. The van der Waals surface area contributed by atoms with E-state index in [4.69, 9.17) is 0 Å². The van der Waals surface area contributed by atoms with Gasteiger partial charge in [0.15, 0.2) is 5.75 Å². The molecule has 0 aliphatic carbocycles. The van der Waals surface area contributed by atoms with Gasteiger partial charge in [-0.2, -0.15) is 8.42 Å². The van der Waals surface area contributed by atoms with Crippen LogP contribution in [0.15, 0.2) is 27.5 Å². The fourth-order valence-corrected chi connectivity index (χ4v) is 1.78. The second kappa shape index (κ2) is 4.73. The Morgan fingerprint density at radius 1 is 1.47 bits per heavy atom. The molecule has 8 nitrogen and oxygen atoms in total. The summed E-state index contributed by atoms with van der Waals surface area (Å²) in [4.78, 5) is 19.3. The molecule has 0 spiro atoms. The van der Waals surface area contributed by atoms with Crippen LogP contribution in [0.4, 0.5) is 5.69 Å². The number of nitro groups is 1. The summed E-state index contributed by atoms with van der Waals surface area (Å²) in [6, 6.07) is 2.91. The summed E-state index contributed by atoms with van der Waals surface area (Å²) >= 11 is 0. The number of nitro benzene ring substituents is 1. The molecule has 9 heteroatoms. The number of isocyanates is 1. The number of ether oxygens (including phenoxy) is 1. The average Bonchev–Trinajstić information content (AvgIpc) is 2.28.